The van der Waals surface area contributed by atoms with Crippen LogP contribution >= 0.6 is 7.26 Å². The van der Waals surface area contributed by atoms with Crippen LogP contribution in [-0.4, -0.2) is 23.4 Å². The Morgan fingerprint density at radius 2 is 1.78 bits per heavy atom. The Hall–Kier alpha value is -0.950. The van der Waals surface area contributed by atoms with Crippen molar-refractivity contribution in [2.24, 2.45) is 0 Å². The van der Waals surface area contributed by atoms with Gasteiger partial charge < -0.3 is 5.32 Å². The maximum atomic E-state index is 13.5. The van der Waals surface area contributed by atoms with E-state index >= 15 is 0 Å². The third-order valence-corrected chi connectivity index (χ3v) is 11.4. The number of hydrogen-bond acceptors (Lipinski definition) is 1. The molecule has 0 atom stereocenters. The summed E-state index contributed by atoms with van der Waals surface area (Å²) in [4.78, 5) is 13.2. The molecule has 2 rings (SSSR count). The molecule has 4 heteroatoms. The van der Waals surface area contributed by atoms with Gasteiger partial charge in [0.25, 0.3) is 5.91 Å². The van der Waals surface area contributed by atoms with Gasteiger partial charge in [-0.05, 0) is 70.2 Å². The lowest BCUT2D eigenvalue weighted by Crippen LogP contribution is -2.51. The normalized spacial score (nSPS) is 16.8. The molecule has 2 nitrogen and oxygen atoms in total. The summed E-state index contributed by atoms with van der Waals surface area (Å²) in [6, 6.07) is 2.98. The van der Waals surface area contributed by atoms with Gasteiger partial charge in [-0.15, -0.1) is 7.26 Å². The van der Waals surface area contributed by atoms with E-state index in [2.05, 4.69) is 32.2 Å². The molecule has 1 aliphatic rings. The van der Waals surface area contributed by atoms with E-state index in [1.807, 2.05) is 13.8 Å². The molecule has 0 bridgehead atoms. The predicted octanol–water partition coefficient (Wildman–Crippen LogP) is 5.54. The van der Waals surface area contributed by atoms with E-state index in [9.17, 15) is 9.18 Å². The minimum Gasteiger partial charge on any atom is -0.322 e. The first kappa shape index (κ1) is 18.4. The van der Waals surface area contributed by atoms with Crippen LogP contribution in [0.4, 0.5) is 10.1 Å². The lowest BCUT2D eigenvalue weighted by molar-refractivity contribution is -0.120. The Morgan fingerprint density at radius 3 is 2.13 bits per heavy atom. The van der Waals surface area contributed by atoms with E-state index in [1.54, 1.807) is 0 Å². The van der Waals surface area contributed by atoms with Gasteiger partial charge in [0.15, 0.2) is 0 Å². The molecule has 1 aromatic rings. The summed E-state index contributed by atoms with van der Waals surface area (Å²) < 4.78 is 13.5. The van der Waals surface area contributed by atoms with Crippen LogP contribution in [0.5, 0.6) is 0 Å². The highest BCUT2D eigenvalue weighted by Gasteiger charge is 2.58. The van der Waals surface area contributed by atoms with E-state index in [0.29, 0.717) is 0 Å². The summed E-state index contributed by atoms with van der Waals surface area (Å²) in [6.45, 7) is 10.3. The Bertz CT molecular complexity index is 560. The lowest BCUT2D eigenvalue weighted by atomic mass is 9.83. The van der Waals surface area contributed by atoms with Crippen LogP contribution in [-0.2, 0) is 4.79 Å². The zero-order valence-corrected chi connectivity index (χ0v) is 15.9. The van der Waals surface area contributed by atoms with Crippen LogP contribution in [0.2, 0.25) is 0 Å². The van der Waals surface area contributed by atoms with Crippen molar-refractivity contribution in [1.82, 2.24) is 0 Å². The molecule has 1 saturated carbocycles. The molecule has 1 fully saturated rings. The number of carbonyl (C=O) groups is 1. The summed E-state index contributed by atoms with van der Waals surface area (Å²) >= 11 is 0. The van der Waals surface area contributed by atoms with Crippen molar-refractivity contribution < 1.29 is 9.18 Å². The number of carbonyl (C=O) groups excluding carboxylic acids is 1. The van der Waals surface area contributed by atoms with E-state index in [0.717, 1.165) is 48.4 Å². The minimum absolute atomic E-state index is 0.150. The van der Waals surface area contributed by atoms with Gasteiger partial charge >= 0.3 is 0 Å². The molecule has 23 heavy (non-hydrogen) atoms. The maximum absolute atomic E-state index is 13.5. The van der Waals surface area contributed by atoms with Gasteiger partial charge in [-0.1, -0.05) is 0 Å². The fourth-order valence-corrected chi connectivity index (χ4v) is 8.71. The van der Waals surface area contributed by atoms with E-state index in [1.165, 1.54) is 12.1 Å². The largest absolute Gasteiger partial charge is 0.322 e. The van der Waals surface area contributed by atoms with Crippen LogP contribution in [0, 0.1) is 25.8 Å². The zero-order valence-electron chi connectivity index (χ0n) is 15.0. The highest BCUT2D eigenvalue weighted by atomic mass is 31.2. The van der Waals surface area contributed by atoms with Crippen molar-refractivity contribution >= 4 is 18.9 Å². The van der Waals surface area contributed by atoms with Crippen LogP contribution in [0.15, 0.2) is 12.1 Å². The third-order valence-electron chi connectivity index (χ3n) is 5.81. The van der Waals surface area contributed by atoms with Crippen molar-refractivity contribution in [2.75, 3.05) is 17.6 Å². The van der Waals surface area contributed by atoms with Gasteiger partial charge in [0, 0.05) is 18.0 Å². The van der Waals surface area contributed by atoms with Crippen molar-refractivity contribution in [1.29, 1.82) is 0 Å². The van der Waals surface area contributed by atoms with Gasteiger partial charge in [-0.25, -0.2) is 4.39 Å². The number of anilines is 1. The molecule has 0 radical (unpaired) electrons. The number of aryl methyl sites for hydroxylation is 2. The predicted molar refractivity (Wildman–Crippen MR) is 99.1 cm³/mol. The summed E-state index contributed by atoms with van der Waals surface area (Å²) in [5.41, 5.74) is 2.37. The second kappa shape index (κ2) is 6.89. The van der Waals surface area contributed by atoms with Gasteiger partial charge in [0.2, 0.25) is 0 Å². The van der Waals surface area contributed by atoms with Crippen LogP contribution in [0.1, 0.15) is 51.2 Å². The molecule has 1 amide bonds. The number of benzene rings is 1. The zero-order chi connectivity index (χ0) is 17.3. The van der Waals surface area contributed by atoms with Gasteiger partial charge in [-0.2, -0.15) is 13.1 Å². The number of rotatable bonds is 6. The van der Waals surface area contributed by atoms with Crippen LogP contribution in [0.25, 0.3) is 0 Å². The molecule has 0 saturated heterocycles. The molecular weight excluding hydrogens is 308 g/mol. The average Bonchev–Trinajstić information content (AvgIpc) is 2.46. The summed E-state index contributed by atoms with van der Waals surface area (Å²) in [5.74, 6) is -0.0982. The summed E-state index contributed by atoms with van der Waals surface area (Å²) in [6.07, 6.45) is 7.60. The van der Waals surface area contributed by atoms with E-state index in [4.69, 9.17) is 0 Å². The van der Waals surface area contributed by atoms with E-state index in [-0.39, 0.29) is 16.9 Å². The minimum atomic E-state index is -1.42. The number of nitrogens with one attached hydrogen (secondary N) is 1. The van der Waals surface area contributed by atoms with Crippen LogP contribution < -0.4 is 5.32 Å². The molecule has 1 N–H and O–H groups in total. The summed E-state index contributed by atoms with van der Waals surface area (Å²) in [5, 5.41) is 2.95. The van der Waals surface area contributed by atoms with Crippen molar-refractivity contribution in [3.05, 3.63) is 35.2 Å². The Morgan fingerprint density at radius 1 is 1.26 bits per heavy atom. The van der Waals surface area contributed by atoms with Gasteiger partial charge in [0.05, 0.1) is 0 Å². The first-order valence-electron chi connectivity index (χ1n) is 8.61. The highest BCUT2D eigenvalue weighted by molar-refractivity contribution is 7.80. The third kappa shape index (κ3) is 2.93. The standard InChI is InChI=1S/C19H29FNOP/c1-6-23(7-2,8-3)19(10-9-11-19)18(22)21-17-14(4)12-16(20)13-15(17)5/h6,12-13H,7-11H2,1-5H3,(H,21,22). The van der Waals surface area contributed by atoms with Gasteiger partial charge in [0.1, 0.15) is 11.0 Å². The first-order valence-corrected chi connectivity index (χ1v) is 10.8. The second-order valence-corrected chi connectivity index (χ2v) is 11.4. The van der Waals surface area contributed by atoms with Crippen molar-refractivity contribution in [3.63, 3.8) is 0 Å². The molecule has 0 heterocycles. The smallest absolute Gasteiger partial charge is 0.265 e. The Labute approximate surface area is 140 Å². The SMILES string of the molecule is C[CH-][P+](CC)(CC)C1(C(=O)Nc2c(C)cc(F)cc2C)CCC1. The summed E-state index contributed by atoms with van der Waals surface area (Å²) in [7, 11) is -1.42. The van der Waals surface area contributed by atoms with E-state index < -0.39 is 7.26 Å². The Kier molecular flexibility index (Phi) is 5.51. The highest BCUT2D eigenvalue weighted by Crippen LogP contribution is 2.76. The van der Waals surface area contributed by atoms with Gasteiger partial charge in [-0.3, -0.25) is 4.79 Å². The van der Waals surface area contributed by atoms with Crippen molar-refractivity contribution in [2.45, 2.75) is 59.0 Å². The number of hydrogen-bond donors (Lipinski definition) is 1. The van der Waals surface area contributed by atoms with Crippen LogP contribution in [0.3, 0.4) is 0 Å². The maximum Gasteiger partial charge on any atom is 0.265 e. The number of halogens is 1. The Balaban J connectivity index is 2.35. The topological polar surface area (TPSA) is 29.1 Å². The molecule has 1 aromatic carbocycles. The molecule has 1 aliphatic carbocycles. The fourth-order valence-electron chi connectivity index (χ4n) is 4.17. The molecule has 0 unspecified atom stereocenters. The monoisotopic (exact) mass is 337 g/mol. The first-order chi connectivity index (χ1) is 10.9. The van der Waals surface area contributed by atoms with Crippen molar-refractivity contribution in [3.8, 4) is 0 Å². The molecule has 128 valence electrons. The molecule has 0 aromatic heterocycles. The molecule has 0 aliphatic heterocycles. The second-order valence-electron chi connectivity index (χ2n) is 6.68. The lowest BCUT2D eigenvalue weighted by Gasteiger charge is -2.53. The average molecular weight is 337 g/mol. The molecular formula is C19H29FNOP. The molecule has 0 spiro atoms. The number of amides is 1. The fraction of sp³-hybridized carbons (Fsp3) is 0.579. The quantitative estimate of drug-likeness (QED) is 0.536.